The first kappa shape index (κ1) is 17.9. The number of ether oxygens (including phenoxy) is 1. The van der Waals surface area contributed by atoms with E-state index < -0.39 is 0 Å². The van der Waals surface area contributed by atoms with Crippen LogP contribution < -0.4 is 9.64 Å². The molecule has 29 heavy (non-hydrogen) atoms. The van der Waals surface area contributed by atoms with Crippen molar-refractivity contribution >= 4 is 11.7 Å². The highest BCUT2D eigenvalue weighted by molar-refractivity contribution is 5.98. The van der Waals surface area contributed by atoms with Gasteiger partial charge >= 0.3 is 0 Å². The Balaban J connectivity index is 1.41. The van der Waals surface area contributed by atoms with Crippen LogP contribution in [0.4, 0.5) is 5.95 Å². The third-order valence-corrected chi connectivity index (χ3v) is 6.03. The molecule has 0 amide bonds. The number of carbonyl (C=O) groups excluding carboxylic acids is 1. The molecule has 1 aromatic heterocycles. The molecule has 5 heteroatoms. The summed E-state index contributed by atoms with van der Waals surface area (Å²) in [4.78, 5) is 24.3. The van der Waals surface area contributed by atoms with Gasteiger partial charge in [0.1, 0.15) is 5.75 Å². The van der Waals surface area contributed by atoms with Crippen LogP contribution in [-0.2, 0) is 19.4 Å². The highest BCUT2D eigenvalue weighted by Gasteiger charge is 2.29. The number of ketones is 1. The Hall–Kier alpha value is -3.21. The number of rotatable bonds is 3. The average molecular weight is 385 g/mol. The predicted molar refractivity (Wildman–Crippen MR) is 112 cm³/mol. The molecule has 2 aromatic carbocycles. The summed E-state index contributed by atoms with van der Waals surface area (Å²) >= 11 is 0. The van der Waals surface area contributed by atoms with Gasteiger partial charge in [-0.2, -0.15) is 0 Å². The van der Waals surface area contributed by atoms with E-state index in [-0.39, 0.29) is 11.7 Å². The topological polar surface area (TPSA) is 55.3 Å². The van der Waals surface area contributed by atoms with Gasteiger partial charge in [-0.15, -0.1) is 0 Å². The van der Waals surface area contributed by atoms with Crippen LogP contribution in [0.15, 0.2) is 54.7 Å². The molecule has 2 aliphatic rings. The van der Waals surface area contributed by atoms with Gasteiger partial charge in [-0.25, -0.2) is 9.97 Å². The number of anilines is 1. The van der Waals surface area contributed by atoms with Gasteiger partial charge < -0.3 is 9.64 Å². The van der Waals surface area contributed by atoms with Crippen molar-refractivity contribution in [1.29, 1.82) is 0 Å². The van der Waals surface area contributed by atoms with E-state index in [9.17, 15) is 4.79 Å². The Morgan fingerprint density at radius 3 is 2.62 bits per heavy atom. The molecule has 1 aliphatic carbocycles. The maximum Gasteiger partial charge on any atom is 0.225 e. The SMILES string of the molecule is COc1ccc([C@@H]2CC(=O)c3cnc(N4CCc5ccccc5C4)nc3C2)cc1. The molecule has 0 radical (unpaired) electrons. The van der Waals surface area contributed by atoms with Crippen molar-refractivity contribution in [2.24, 2.45) is 0 Å². The third kappa shape index (κ3) is 3.37. The first-order valence-corrected chi connectivity index (χ1v) is 10.1. The molecule has 146 valence electrons. The van der Waals surface area contributed by atoms with E-state index in [0.29, 0.717) is 12.0 Å². The molecule has 3 aromatic rings. The van der Waals surface area contributed by atoms with Gasteiger partial charge in [-0.05, 0) is 47.6 Å². The lowest BCUT2D eigenvalue weighted by atomic mass is 9.82. The second kappa shape index (κ2) is 7.32. The van der Waals surface area contributed by atoms with Crippen molar-refractivity contribution in [2.75, 3.05) is 18.6 Å². The molecule has 1 atom stereocenters. The van der Waals surface area contributed by atoms with Gasteiger partial charge in [0.25, 0.3) is 0 Å². The van der Waals surface area contributed by atoms with Crippen LogP contribution in [0.1, 0.15) is 45.1 Å². The summed E-state index contributed by atoms with van der Waals surface area (Å²) in [6.07, 6.45) is 3.97. The normalized spacial score (nSPS) is 18.2. The van der Waals surface area contributed by atoms with E-state index >= 15 is 0 Å². The fourth-order valence-electron chi connectivity index (χ4n) is 4.37. The second-order valence-electron chi connectivity index (χ2n) is 7.77. The van der Waals surface area contributed by atoms with Gasteiger partial charge in [-0.3, -0.25) is 4.79 Å². The minimum Gasteiger partial charge on any atom is -0.497 e. The van der Waals surface area contributed by atoms with Crippen molar-refractivity contribution in [3.05, 3.63) is 82.7 Å². The van der Waals surface area contributed by atoms with E-state index in [1.807, 2.05) is 24.3 Å². The van der Waals surface area contributed by atoms with Crippen LogP contribution in [0.25, 0.3) is 0 Å². The predicted octanol–water partition coefficient (Wildman–Crippen LogP) is 3.96. The summed E-state index contributed by atoms with van der Waals surface area (Å²) < 4.78 is 5.25. The fourth-order valence-corrected chi connectivity index (χ4v) is 4.37. The van der Waals surface area contributed by atoms with Gasteiger partial charge in [0.15, 0.2) is 5.78 Å². The zero-order chi connectivity index (χ0) is 19.8. The summed E-state index contributed by atoms with van der Waals surface area (Å²) in [5.41, 5.74) is 5.42. The monoisotopic (exact) mass is 385 g/mol. The lowest BCUT2D eigenvalue weighted by molar-refractivity contribution is 0.0962. The van der Waals surface area contributed by atoms with Crippen LogP contribution in [0.3, 0.4) is 0 Å². The Labute approximate surface area is 170 Å². The molecule has 0 unspecified atom stereocenters. The summed E-state index contributed by atoms with van der Waals surface area (Å²) in [6.45, 7) is 1.70. The Morgan fingerprint density at radius 1 is 1.03 bits per heavy atom. The maximum atomic E-state index is 12.7. The number of aromatic nitrogens is 2. The standard InChI is InChI=1S/C24H23N3O2/c1-29-20-8-6-17(7-9-20)19-12-22-21(23(28)13-19)14-25-24(26-22)27-11-10-16-4-2-3-5-18(16)15-27/h2-9,14,19H,10-13,15H2,1H3/t19-/m0/s1. The van der Waals surface area contributed by atoms with E-state index in [0.717, 1.165) is 48.9 Å². The quantitative estimate of drug-likeness (QED) is 0.683. The molecule has 0 saturated carbocycles. The van der Waals surface area contributed by atoms with E-state index in [2.05, 4.69) is 34.1 Å². The zero-order valence-corrected chi connectivity index (χ0v) is 16.5. The number of Topliss-reactive ketones (excluding diaryl/α,β-unsaturated/α-hetero) is 1. The van der Waals surface area contributed by atoms with Crippen molar-refractivity contribution < 1.29 is 9.53 Å². The Kier molecular flexibility index (Phi) is 4.51. The first-order chi connectivity index (χ1) is 14.2. The minimum atomic E-state index is 0.127. The molecule has 0 N–H and O–H groups in total. The molecule has 2 heterocycles. The van der Waals surface area contributed by atoms with Crippen molar-refractivity contribution in [1.82, 2.24) is 9.97 Å². The first-order valence-electron chi connectivity index (χ1n) is 10.1. The number of nitrogens with zero attached hydrogens (tertiary/aromatic N) is 3. The molecule has 5 rings (SSSR count). The van der Waals surface area contributed by atoms with Crippen LogP contribution in [0.2, 0.25) is 0 Å². The van der Waals surface area contributed by atoms with E-state index in [1.54, 1.807) is 13.3 Å². The van der Waals surface area contributed by atoms with Gasteiger partial charge in [-0.1, -0.05) is 36.4 Å². The summed E-state index contributed by atoms with van der Waals surface area (Å²) in [5.74, 6) is 1.82. The molecule has 5 nitrogen and oxygen atoms in total. The molecule has 1 aliphatic heterocycles. The summed E-state index contributed by atoms with van der Waals surface area (Å²) in [5, 5.41) is 0. The van der Waals surface area contributed by atoms with E-state index in [1.165, 1.54) is 11.1 Å². The van der Waals surface area contributed by atoms with Gasteiger partial charge in [0, 0.05) is 25.7 Å². The van der Waals surface area contributed by atoms with Crippen molar-refractivity contribution in [3.8, 4) is 5.75 Å². The summed E-state index contributed by atoms with van der Waals surface area (Å²) in [7, 11) is 1.66. The Morgan fingerprint density at radius 2 is 1.83 bits per heavy atom. The number of benzene rings is 2. The van der Waals surface area contributed by atoms with Crippen molar-refractivity contribution in [3.63, 3.8) is 0 Å². The largest absolute Gasteiger partial charge is 0.497 e. The molecular weight excluding hydrogens is 362 g/mol. The molecule has 0 spiro atoms. The van der Waals surface area contributed by atoms with Gasteiger partial charge in [0.05, 0.1) is 18.4 Å². The third-order valence-electron chi connectivity index (χ3n) is 6.03. The number of carbonyl (C=O) groups is 1. The molecule has 0 bridgehead atoms. The van der Waals surface area contributed by atoms with Crippen LogP contribution in [0.5, 0.6) is 5.75 Å². The lowest BCUT2D eigenvalue weighted by Gasteiger charge is -2.30. The number of methoxy groups -OCH3 is 1. The van der Waals surface area contributed by atoms with Gasteiger partial charge in [0.2, 0.25) is 5.95 Å². The lowest BCUT2D eigenvalue weighted by Crippen LogP contribution is -2.32. The van der Waals surface area contributed by atoms with Crippen LogP contribution >= 0.6 is 0 Å². The summed E-state index contributed by atoms with van der Waals surface area (Å²) in [6, 6.07) is 16.5. The molecule has 0 fully saturated rings. The Bertz CT molecular complexity index is 1060. The van der Waals surface area contributed by atoms with Crippen molar-refractivity contribution in [2.45, 2.75) is 31.7 Å². The number of hydrogen-bond donors (Lipinski definition) is 0. The molecular formula is C24H23N3O2. The highest BCUT2D eigenvalue weighted by Crippen LogP contribution is 2.33. The van der Waals surface area contributed by atoms with Crippen LogP contribution in [-0.4, -0.2) is 29.4 Å². The second-order valence-corrected chi connectivity index (χ2v) is 7.77. The number of fused-ring (bicyclic) bond motifs is 2. The highest BCUT2D eigenvalue weighted by atomic mass is 16.5. The average Bonchev–Trinajstić information content (AvgIpc) is 2.78. The van der Waals surface area contributed by atoms with Crippen LogP contribution in [0, 0.1) is 0 Å². The fraction of sp³-hybridized carbons (Fsp3) is 0.292. The molecule has 0 saturated heterocycles. The smallest absolute Gasteiger partial charge is 0.225 e. The minimum absolute atomic E-state index is 0.127. The van der Waals surface area contributed by atoms with E-state index in [4.69, 9.17) is 9.72 Å². The maximum absolute atomic E-state index is 12.7. The zero-order valence-electron chi connectivity index (χ0n) is 16.5. The number of hydrogen-bond acceptors (Lipinski definition) is 5.